The average molecular weight is 342 g/mol. The maximum absolute atomic E-state index is 5.98. The minimum absolute atomic E-state index is 0.343. The zero-order chi connectivity index (χ0) is 17.6. The van der Waals surface area contributed by atoms with Gasteiger partial charge in [0.05, 0.1) is 6.26 Å². The molecule has 0 saturated carbocycles. The fourth-order valence-electron chi connectivity index (χ4n) is 2.99. The standard InChI is InChI=1S/C18H26N6O/c1-13-14(2)21-18(22-16(13)15-7-5-12-25-15)23-17(19)20-8-6-11-24-9-3-4-10-24/h5,7,12H,3-4,6,8-11H2,1-2H3,(H3,19,20,21,22,23). The third-order valence-corrected chi connectivity index (χ3v) is 4.50. The number of nitrogens with two attached hydrogens (primary N) is 1. The highest BCUT2D eigenvalue weighted by atomic mass is 16.3. The Kier molecular flexibility index (Phi) is 5.65. The lowest BCUT2D eigenvalue weighted by Gasteiger charge is -2.13. The molecule has 0 radical (unpaired) electrons. The van der Waals surface area contributed by atoms with Crippen LogP contribution in [0.25, 0.3) is 11.5 Å². The van der Waals surface area contributed by atoms with Crippen LogP contribution in [0.15, 0.2) is 27.8 Å². The Hall–Kier alpha value is -2.41. The van der Waals surface area contributed by atoms with Gasteiger partial charge in [-0.25, -0.2) is 9.97 Å². The quantitative estimate of drug-likeness (QED) is 0.476. The fraction of sp³-hybridized carbons (Fsp3) is 0.500. The first-order valence-electron chi connectivity index (χ1n) is 8.82. The molecule has 0 aromatic carbocycles. The highest BCUT2D eigenvalue weighted by molar-refractivity contribution is 5.90. The van der Waals surface area contributed by atoms with Crippen LogP contribution in [-0.4, -0.2) is 47.0 Å². The summed E-state index contributed by atoms with van der Waals surface area (Å²) in [6.45, 7) is 8.13. The highest BCUT2D eigenvalue weighted by Crippen LogP contribution is 2.24. The summed E-state index contributed by atoms with van der Waals surface area (Å²) in [6.07, 6.45) is 5.27. The molecule has 1 aliphatic heterocycles. The Balaban J connectivity index is 1.60. The maximum atomic E-state index is 5.98. The molecular formula is C18H26N6O. The summed E-state index contributed by atoms with van der Waals surface area (Å²) in [4.78, 5) is 15.8. The van der Waals surface area contributed by atoms with E-state index in [0.29, 0.717) is 24.2 Å². The van der Waals surface area contributed by atoms with Crippen LogP contribution in [0.1, 0.15) is 30.5 Å². The minimum Gasteiger partial charge on any atom is -0.463 e. The Morgan fingerprint density at radius 3 is 2.84 bits per heavy atom. The molecule has 3 heterocycles. The summed E-state index contributed by atoms with van der Waals surface area (Å²) in [5, 5.41) is 2.99. The van der Waals surface area contributed by atoms with Crippen molar-refractivity contribution in [2.45, 2.75) is 33.1 Å². The van der Waals surface area contributed by atoms with Gasteiger partial charge in [0.2, 0.25) is 5.95 Å². The number of nitrogens with one attached hydrogen (secondary N) is 1. The molecule has 0 aliphatic carbocycles. The van der Waals surface area contributed by atoms with Gasteiger partial charge in [-0.2, -0.15) is 0 Å². The largest absolute Gasteiger partial charge is 0.463 e. The first kappa shape index (κ1) is 17.4. The first-order valence-corrected chi connectivity index (χ1v) is 8.82. The molecule has 0 spiro atoms. The zero-order valence-electron chi connectivity index (χ0n) is 15.0. The molecule has 1 aliphatic rings. The summed E-state index contributed by atoms with van der Waals surface area (Å²) in [7, 11) is 0. The Labute approximate surface area is 148 Å². The van der Waals surface area contributed by atoms with Crippen molar-refractivity contribution in [2.75, 3.05) is 31.5 Å². The van der Waals surface area contributed by atoms with Crippen molar-refractivity contribution in [3.63, 3.8) is 0 Å². The molecule has 134 valence electrons. The van der Waals surface area contributed by atoms with Gasteiger partial charge in [-0.15, -0.1) is 0 Å². The maximum Gasteiger partial charge on any atom is 0.230 e. The number of furan rings is 1. The van der Waals surface area contributed by atoms with Crippen molar-refractivity contribution in [2.24, 2.45) is 10.7 Å². The van der Waals surface area contributed by atoms with Crippen molar-refractivity contribution in [3.8, 4) is 11.5 Å². The summed E-state index contributed by atoms with van der Waals surface area (Å²) in [5.41, 5.74) is 8.61. The number of anilines is 1. The van der Waals surface area contributed by atoms with E-state index in [0.717, 1.165) is 29.9 Å². The monoisotopic (exact) mass is 342 g/mol. The van der Waals surface area contributed by atoms with Crippen LogP contribution in [0.4, 0.5) is 5.95 Å². The van der Waals surface area contributed by atoms with Gasteiger partial charge in [0.25, 0.3) is 0 Å². The molecular weight excluding hydrogens is 316 g/mol. The Morgan fingerprint density at radius 2 is 2.12 bits per heavy atom. The van der Waals surface area contributed by atoms with Gasteiger partial charge in [0.1, 0.15) is 5.69 Å². The fourth-order valence-corrected chi connectivity index (χ4v) is 2.99. The molecule has 3 rings (SSSR count). The second-order valence-electron chi connectivity index (χ2n) is 6.38. The molecule has 2 aromatic rings. The van der Waals surface area contributed by atoms with Crippen LogP contribution in [0.3, 0.4) is 0 Å². The summed E-state index contributed by atoms with van der Waals surface area (Å²) in [5.74, 6) is 1.50. The van der Waals surface area contributed by atoms with Gasteiger partial charge in [0, 0.05) is 12.2 Å². The van der Waals surface area contributed by atoms with Crippen LogP contribution in [-0.2, 0) is 0 Å². The Bertz CT molecular complexity index is 719. The predicted octanol–water partition coefficient (Wildman–Crippen LogP) is 2.57. The van der Waals surface area contributed by atoms with Gasteiger partial charge in [0.15, 0.2) is 11.7 Å². The van der Waals surface area contributed by atoms with E-state index in [-0.39, 0.29) is 0 Å². The second kappa shape index (κ2) is 8.11. The molecule has 7 nitrogen and oxygen atoms in total. The third kappa shape index (κ3) is 4.57. The number of aromatic nitrogens is 2. The van der Waals surface area contributed by atoms with E-state index in [4.69, 9.17) is 10.2 Å². The highest BCUT2D eigenvalue weighted by Gasteiger charge is 2.13. The first-order chi connectivity index (χ1) is 12.1. The number of aryl methyl sites for hydroxylation is 1. The van der Waals surface area contributed by atoms with E-state index in [1.165, 1.54) is 25.9 Å². The molecule has 7 heteroatoms. The number of hydrogen-bond donors (Lipinski definition) is 2. The van der Waals surface area contributed by atoms with E-state index < -0.39 is 0 Å². The SMILES string of the molecule is Cc1nc(NC(N)=NCCCN2CCCC2)nc(-c2ccco2)c1C. The lowest BCUT2D eigenvalue weighted by molar-refractivity contribution is 0.336. The van der Waals surface area contributed by atoms with E-state index in [1.54, 1.807) is 6.26 Å². The molecule has 0 unspecified atom stereocenters. The van der Waals surface area contributed by atoms with Crippen LogP contribution < -0.4 is 11.1 Å². The van der Waals surface area contributed by atoms with Crippen LogP contribution in [0, 0.1) is 13.8 Å². The zero-order valence-corrected chi connectivity index (χ0v) is 15.0. The number of nitrogens with zero attached hydrogens (tertiary/aromatic N) is 4. The van der Waals surface area contributed by atoms with E-state index >= 15 is 0 Å². The lowest BCUT2D eigenvalue weighted by atomic mass is 10.1. The topological polar surface area (TPSA) is 92.6 Å². The van der Waals surface area contributed by atoms with Gasteiger partial charge in [-0.05, 0) is 70.4 Å². The van der Waals surface area contributed by atoms with Gasteiger partial charge < -0.3 is 15.1 Å². The normalized spacial score (nSPS) is 15.7. The molecule has 25 heavy (non-hydrogen) atoms. The van der Waals surface area contributed by atoms with Crippen molar-refractivity contribution in [1.29, 1.82) is 0 Å². The molecule has 0 atom stereocenters. The average Bonchev–Trinajstić information content (AvgIpc) is 3.28. The van der Waals surface area contributed by atoms with Crippen molar-refractivity contribution in [3.05, 3.63) is 29.7 Å². The third-order valence-electron chi connectivity index (χ3n) is 4.50. The molecule has 0 bridgehead atoms. The summed E-state index contributed by atoms with van der Waals surface area (Å²) >= 11 is 0. The number of guanidine groups is 1. The molecule has 0 amide bonds. The van der Waals surface area contributed by atoms with E-state index in [1.807, 2.05) is 26.0 Å². The molecule has 1 fully saturated rings. The number of rotatable bonds is 6. The summed E-state index contributed by atoms with van der Waals surface area (Å²) in [6, 6.07) is 3.73. The summed E-state index contributed by atoms with van der Waals surface area (Å²) < 4.78 is 5.46. The molecule has 2 aromatic heterocycles. The smallest absolute Gasteiger partial charge is 0.230 e. The van der Waals surface area contributed by atoms with Crippen LogP contribution in [0.5, 0.6) is 0 Å². The Morgan fingerprint density at radius 1 is 1.32 bits per heavy atom. The number of likely N-dealkylation sites (tertiary alicyclic amines) is 1. The lowest BCUT2D eigenvalue weighted by Crippen LogP contribution is -2.25. The molecule has 3 N–H and O–H groups in total. The van der Waals surface area contributed by atoms with E-state index in [2.05, 4.69) is 25.2 Å². The van der Waals surface area contributed by atoms with Crippen molar-refractivity contribution >= 4 is 11.9 Å². The number of hydrogen-bond acceptors (Lipinski definition) is 5. The van der Waals surface area contributed by atoms with Crippen LogP contribution in [0.2, 0.25) is 0 Å². The van der Waals surface area contributed by atoms with Gasteiger partial charge in [-0.1, -0.05) is 0 Å². The minimum atomic E-state index is 0.343. The second-order valence-corrected chi connectivity index (χ2v) is 6.38. The van der Waals surface area contributed by atoms with Crippen molar-refractivity contribution in [1.82, 2.24) is 14.9 Å². The molecule has 1 saturated heterocycles. The van der Waals surface area contributed by atoms with Gasteiger partial charge in [-0.3, -0.25) is 10.3 Å². The van der Waals surface area contributed by atoms with E-state index in [9.17, 15) is 0 Å². The predicted molar refractivity (Wildman–Crippen MR) is 99.6 cm³/mol. The number of aliphatic imine (C=N–C) groups is 1. The van der Waals surface area contributed by atoms with Crippen LogP contribution >= 0.6 is 0 Å². The van der Waals surface area contributed by atoms with Crippen molar-refractivity contribution < 1.29 is 4.42 Å². The van der Waals surface area contributed by atoms with Gasteiger partial charge >= 0.3 is 0 Å².